The van der Waals surface area contributed by atoms with Crippen LogP contribution in [0, 0.1) is 0 Å². The van der Waals surface area contributed by atoms with Gasteiger partial charge in [-0.15, -0.1) is 0 Å². The number of rotatable bonds is 2. The fraction of sp³-hybridized carbons (Fsp3) is 0. The third-order valence-corrected chi connectivity index (χ3v) is 5.77. The summed E-state index contributed by atoms with van der Waals surface area (Å²) in [6, 6.07) is 9.77. The molecule has 0 radical (unpaired) electrons. The highest BCUT2D eigenvalue weighted by Crippen LogP contribution is 2.40. The van der Waals surface area contributed by atoms with E-state index >= 15 is 0 Å². The lowest BCUT2D eigenvalue weighted by Crippen LogP contribution is -1.92. The molecule has 1 nitrogen and oxygen atoms in total. The maximum Gasteiger partial charge on any atom is 0.0911 e. The molecule has 3 aromatic rings. The van der Waals surface area contributed by atoms with Gasteiger partial charge in [0, 0.05) is 11.1 Å². The quantitative estimate of drug-likeness (QED) is 0.339. The van der Waals surface area contributed by atoms with Crippen LogP contribution in [0.25, 0.3) is 22.5 Å². The normalized spacial score (nSPS) is 11.0. The fourth-order valence-corrected chi connectivity index (χ4v) is 3.69. The molecule has 0 spiro atoms. The number of pyridine rings is 1. The molecule has 0 amide bonds. The van der Waals surface area contributed by atoms with Crippen molar-refractivity contribution in [2.75, 3.05) is 0 Å². The summed E-state index contributed by atoms with van der Waals surface area (Å²) in [6.07, 6.45) is 0. The Morgan fingerprint density at radius 2 is 0.960 bits per heavy atom. The molecule has 0 saturated carbocycles. The van der Waals surface area contributed by atoms with Crippen molar-refractivity contribution in [1.82, 2.24) is 4.98 Å². The van der Waals surface area contributed by atoms with Crippen LogP contribution in [0.3, 0.4) is 0 Å². The van der Waals surface area contributed by atoms with Crippen molar-refractivity contribution in [2.45, 2.75) is 0 Å². The van der Waals surface area contributed by atoms with E-state index < -0.39 is 0 Å². The van der Waals surface area contributed by atoms with Crippen LogP contribution in [0.2, 0.25) is 35.2 Å². The first kappa shape index (κ1) is 19.4. The zero-order valence-electron chi connectivity index (χ0n) is 12.1. The molecule has 0 fully saturated rings. The van der Waals surface area contributed by atoms with Crippen LogP contribution >= 0.6 is 81.2 Å². The minimum atomic E-state index is 0.343. The Bertz CT molecular complexity index is 985. The van der Waals surface area contributed by atoms with Crippen molar-refractivity contribution >= 4 is 81.2 Å². The third kappa shape index (κ3) is 3.99. The van der Waals surface area contributed by atoms with E-state index in [-0.39, 0.29) is 0 Å². The summed E-state index contributed by atoms with van der Waals surface area (Å²) in [5, 5.41) is 2.60. The van der Waals surface area contributed by atoms with Gasteiger partial charge >= 0.3 is 0 Å². The first-order valence-corrected chi connectivity index (χ1v) is 9.39. The lowest BCUT2D eigenvalue weighted by Gasteiger charge is -2.11. The lowest BCUT2D eigenvalue weighted by atomic mass is 10.1. The van der Waals surface area contributed by atoms with Crippen LogP contribution in [-0.2, 0) is 0 Å². The maximum absolute atomic E-state index is 6.30. The molecular weight excluding hydrogens is 466 g/mol. The first-order valence-electron chi connectivity index (χ1n) is 6.74. The summed E-state index contributed by atoms with van der Waals surface area (Å²) in [5.41, 5.74) is 2.18. The molecule has 0 atom stereocenters. The van der Waals surface area contributed by atoms with E-state index in [1.807, 2.05) is 0 Å². The van der Waals surface area contributed by atoms with Crippen molar-refractivity contribution in [3.8, 4) is 22.5 Å². The molecule has 0 N–H and O–H groups in total. The SMILES string of the molecule is Clc1cc(Cl)c(-c2ccc(Cl)c(-c3cc(Cl)c(Cl)cc3Cl)n2)cc1Cl. The highest BCUT2D eigenvalue weighted by atomic mass is 35.5. The van der Waals surface area contributed by atoms with E-state index in [9.17, 15) is 0 Å². The van der Waals surface area contributed by atoms with Crippen LogP contribution in [-0.4, -0.2) is 4.98 Å². The predicted octanol–water partition coefficient (Wildman–Crippen LogP) is 8.99. The molecule has 0 aliphatic carbocycles. The Morgan fingerprint density at radius 1 is 0.480 bits per heavy atom. The fourth-order valence-electron chi connectivity index (χ4n) is 2.20. The van der Waals surface area contributed by atoms with Gasteiger partial charge in [0.05, 0.1) is 46.5 Å². The Hall–Kier alpha value is -0.380. The Labute approximate surface area is 179 Å². The van der Waals surface area contributed by atoms with Gasteiger partial charge in [-0.05, 0) is 36.4 Å². The maximum atomic E-state index is 6.30. The number of halogens is 7. The van der Waals surface area contributed by atoms with E-state index in [1.54, 1.807) is 30.3 Å². The summed E-state index contributed by atoms with van der Waals surface area (Å²) in [7, 11) is 0. The van der Waals surface area contributed by atoms with E-state index in [1.165, 1.54) is 6.07 Å². The topological polar surface area (TPSA) is 12.9 Å². The molecule has 0 bridgehead atoms. The number of hydrogen-bond acceptors (Lipinski definition) is 1. The van der Waals surface area contributed by atoms with Gasteiger partial charge in [-0.25, -0.2) is 4.98 Å². The van der Waals surface area contributed by atoms with Crippen molar-refractivity contribution < 1.29 is 0 Å². The summed E-state index contributed by atoms with van der Waals surface area (Å²) < 4.78 is 0. The second kappa shape index (κ2) is 7.70. The van der Waals surface area contributed by atoms with E-state index in [4.69, 9.17) is 81.2 Å². The van der Waals surface area contributed by atoms with Crippen molar-refractivity contribution in [1.29, 1.82) is 0 Å². The van der Waals surface area contributed by atoms with Crippen LogP contribution in [0.4, 0.5) is 0 Å². The number of benzene rings is 2. The Kier molecular flexibility index (Phi) is 5.97. The molecule has 1 heterocycles. The van der Waals surface area contributed by atoms with Gasteiger partial charge in [0.1, 0.15) is 0 Å². The van der Waals surface area contributed by atoms with E-state index in [0.29, 0.717) is 57.7 Å². The molecule has 0 unspecified atom stereocenters. The smallest absolute Gasteiger partial charge is 0.0911 e. The zero-order valence-corrected chi connectivity index (χ0v) is 17.3. The average Bonchev–Trinajstić information content (AvgIpc) is 2.55. The van der Waals surface area contributed by atoms with Crippen molar-refractivity contribution in [2.24, 2.45) is 0 Å². The molecule has 2 aromatic carbocycles. The molecule has 1 aromatic heterocycles. The van der Waals surface area contributed by atoms with Crippen LogP contribution in [0.5, 0.6) is 0 Å². The molecule has 0 saturated heterocycles. The predicted molar refractivity (Wildman–Crippen MR) is 110 cm³/mol. The second-order valence-electron chi connectivity index (χ2n) is 5.02. The average molecular weight is 472 g/mol. The monoisotopic (exact) mass is 469 g/mol. The van der Waals surface area contributed by atoms with Gasteiger partial charge in [0.2, 0.25) is 0 Å². The van der Waals surface area contributed by atoms with E-state index in [2.05, 4.69) is 4.98 Å². The first-order chi connectivity index (χ1) is 11.8. The third-order valence-electron chi connectivity index (χ3n) is 3.40. The zero-order chi connectivity index (χ0) is 18.3. The van der Waals surface area contributed by atoms with Gasteiger partial charge in [-0.3, -0.25) is 0 Å². The van der Waals surface area contributed by atoms with Gasteiger partial charge in [0.15, 0.2) is 0 Å². The molecule has 8 heteroatoms. The van der Waals surface area contributed by atoms with E-state index in [0.717, 1.165) is 0 Å². The minimum absolute atomic E-state index is 0.343. The number of hydrogen-bond donors (Lipinski definition) is 0. The number of aromatic nitrogens is 1. The molecular formula is C17H6Cl7N. The summed E-state index contributed by atoms with van der Waals surface area (Å²) in [4.78, 5) is 4.57. The van der Waals surface area contributed by atoms with Gasteiger partial charge in [-0.1, -0.05) is 81.2 Å². The molecule has 0 aliphatic rings. The number of nitrogens with zero attached hydrogens (tertiary/aromatic N) is 1. The molecule has 0 aliphatic heterocycles. The minimum Gasteiger partial charge on any atom is -0.246 e. The Balaban J connectivity index is 2.21. The van der Waals surface area contributed by atoms with Gasteiger partial charge in [0.25, 0.3) is 0 Å². The largest absolute Gasteiger partial charge is 0.246 e. The highest BCUT2D eigenvalue weighted by Gasteiger charge is 2.16. The van der Waals surface area contributed by atoms with Gasteiger partial charge < -0.3 is 0 Å². The highest BCUT2D eigenvalue weighted by molar-refractivity contribution is 6.45. The van der Waals surface area contributed by atoms with Gasteiger partial charge in [-0.2, -0.15) is 0 Å². The van der Waals surface area contributed by atoms with Crippen molar-refractivity contribution in [3.63, 3.8) is 0 Å². The van der Waals surface area contributed by atoms with Crippen LogP contribution in [0.1, 0.15) is 0 Å². The standard InChI is InChI=1S/C17H6Cl7N/c18-9-1-2-16(7-3-12(21)14(23)5-10(7)19)25-17(9)8-4-13(22)15(24)6-11(8)20/h1-6H. The van der Waals surface area contributed by atoms with Crippen LogP contribution < -0.4 is 0 Å². The molecule has 3 rings (SSSR count). The lowest BCUT2D eigenvalue weighted by molar-refractivity contribution is 1.32. The molecule has 128 valence electrons. The molecule has 25 heavy (non-hydrogen) atoms. The van der Waals surface area contributed by atoms with Crippen LogP contribution in [0.15, 0.2) is 36.4 Å². The van der Waals surface area contributed by atoms with Crippen molar-refractivity contribution in [3.05, 3.63) is 71.6 Å². The summed E-state index contributed by atoms with van der Waals surface area (Å²) in [5.74, 6) is 0. The second-order valence-corrected chi connectivity index (χ2v) is 7.87. The Morgan fingerprint density at radius 3 is 1.56 bits per heavy atom. The summed E-state index contributed by atoms with van der Waals surface area (Å²) >= 11 is 43.0. The summed E-state index contributed by atoms with van der Waals surface area (Å²) in [6.45, 7) is 0.